The Morgan fingerprint density at radius 1 is 0.257 bits per heavy atom. The molecule has 10 rings (SSSR count). The van der Waals surface area contributed by atoms with E-state index < -0.39 is 8.07 Å². The average molecular weight is 921 g/mol. The van der Waals surface area contributed by atoms with Crippen molar-refractivity contribution in [2.24, 2.45) is 5.92 Å². The van der Waals surface area contributed by atoms with Gasteiger partial charge in [0.25, 0.3) is 0 Å². The van der Waals surface area contributed by atoms with Gasteiger partial charge in [0.2, 0.25) is 0 Å². The predicted molar refractivity (Wildman–Crippen MR) is 305 cm³/mol. The van der Waals surface area contributed by atoms with Gasteiger partial charge in [0.15, 0.2) is 8.07 Å². The minimum atomic E-state index is -3.43. The fraction of sp³-hybridized carbons (Fsp3) is 0.159. The van der Waals surface area contributed by atoms with E-state index in [2.05, 4.69) is 269 Å². The Balaban J connectivity index is 1.46. The van der Waals surface area contributed by atoms with Gasteiger partial charge in [-0.2, -0.15) is 0 Å². The molecule has 0 N–H and O–H groups in total. The summed E-state index contributed by atoms with van der Waals surface area (Å²) in [5.74, 6) is 0.201. The molecule has 0 amide bonds. The molecule has 70 heavy (non-hydrogen) atoms. The number of hydrogen-bond donors (Lipinski definition) is 0. The molecule has 9 aromatic rings. The van der Waals surface area contributed by atoms with Gasteiger partial charge in [-0.25, -0.2) is 0 Å². The van der Waals surface area contributed by atoms with E-state index in [1.165, 1.54) is 132 Å². The Kier molecular flexibility index (Phi) is 12.5. The minimum Gasteiger partial charge on any atom is -0.0636 e. The molecule has 1 atom stereocenters. The molecule has 1 unspecified atom stereocenters. The summed E-state index contributed by atoms with van der Waals surface area (Å²) in [4.78, 5) is 0. The first-order chi connectivity index (χ1) is 33.7. The molecule has 0 fully saturated rings. The van der Waals surface area contributed by atoms with E-state index in [-0.39, 0.29) is 5.92 Å². The summed E-state index contributed by atoms with van der Waals surface area (Å²) in [5.41, 5.74) is 26.6. The van der Waals surface area contributed by atoms with Crippen molar-refractivity contribution in [1.29, 1.82) is 0 Å². The lowest BCUT2D eigenvalue weighted by atomic mass is 9.97. The standard InChI is InChI=1S/C69H64Si/c1-44-17-11-23-54(29-44)60-35-61(55-24-12-18-45(2)30-55)39-66(38-60)70(69-52(9)50(7)51(8)53(69)10,67-40-62(56-25-13-19-46(3)31-56)36-63(41-67)57-26-14-20-47(4)32-57)68-42-64(58-27-15-21-48(5)33-58)37-65(43-68)59-28-16-22-49(6)34-59/h11-43,52H,1-10H3. The Morgan fingerprint density at radius 2 is 0.486 bits per heavy atom. The first kappa shape index (κ1) is 46.4. The first-order valence-electron chi connectivity index (χ1n) is 25.0. The van der Waals surface area contributed by atoms with Crippen LogP contribution in [-0.4, -0.2) is 8.07 Å². The van der Waals surface area contributed by atoms with Crippen molar-refractivity contribution >= 4 is 23.6 Å². The summed E-state index contributed by atoms with van der Waals surface area (Å²) >= 11 is 0. The highest BCUT2D eigenvalue weighted by atomic mass is 28.3. The van der Waals surface area contributed by atoms with Crippen LogP contribution >= 0.6 is 0 Å². The zero-order valence-corrected chi connectivity index (χ0v) is 43.6. The van der Waals surface area contributed by atoms with Crippen LogP contribution in [-0.2, 0) is 0 Å². The van der Waals surface area contributed by atoms with Crippen molar-refractivity contribution in [3.8, 4) is 66.8 Å². The maximum atomic E-state index is 2.60. The Morgan fingerprint density at radius 3 is 0.671 bits per heavy atom. The fourth-order valence-electron chi connectivity index (χ4n) is 11.4. The zero-order chi connectivity index (χ0) is 48.8. The zero-order valence-electron chi connectivity index (χ0n) is 42.6. The molecule has 0 nitrogen and oxygen atoms in total. The van der Waals surface area contributed by atoms with Crippen molar-refractivity contribution in [1.82, 2.24) is 0 Å². The predicted octanol–water partition coefficient (Wildman–Crippen LogP) is 16.9. The average Bonchev–Trinajstić information content (AvgIpc) is 3.55. The first-order valence-corrected chi connectivity index (χ1v) is 27.0. The molecule has 1 heteroatoms. The molecular weight excluding hydrogens is 857 g/mol. The van der Waals surface area contributed by atoms with Gasteiger partial charge in [0, 0.05) is 0 Å². The third kappa shape index (κ3) is 8.80. The highest BCUT2D eigenvalue weighted by Gasteiger charge is 2.49. The van der Waals surface area contributed by atoms with E-state index in [1.807, 2.05) is 0 Å². The van der Waals surface area contributed by atoms with Crippen LogP contribution in [0.5, 0.6) is 0 Å². The van der Waals surface area contributed by atoms with Crippen molar-refractivity contribution in [2.45, 2.75) is 69.2 Å². The normalized spacial score (nSPS) is 13.9. The smallest absolute Gasteiger partial charge is 0.0636 e. The summed E-state index contributed by atoms with van der Waals surface area (Å²) < 4.78 is 0. The quantitative estimate of drug-likeness (QED) is 0.0947. The van der Waals surface area contributed by atoms with Crippen LogP contribution in [0.25, 0.3) is 66.8 Å². The second kappa shape index (κ2) is 18.9. The molecular formula is C69H64Si. The molecule has 1 aliphatic rings. The third-order valence-corrected chi connectivity index (χ3v) is 20.3. The van der Waals surface area contributed by atoms with Crippen LogP contribution in [0.3, 0.4) is 0 Å². The molecule has 9 aromatic carbocycles. The molecule has 0 heterocycles. The molecule has 0 saturated heterocycles. The van der Waals surface area contributed by atoms with Gasteiger partial charge in [-0.3, -0.25) is 0 Å². The summed E-state index contributed by atoms with van der Waals surface area (Å²) in [6, 6.07) is 77.6. The van der Waals surface area contributed by atoms with Gasteiger partial charge in [-0.15, -0.1) is 0 Å². The second-order valence-corrected chi connectivity index (χ2v) is 24.2. The molecule has 0 spiro atoms. The number of hydrogen-bond acceptors (Lipinski definition) is 0. The summed E-state index contributed by atoms with van der Waals surface area (Å²) in [6.45, 7) is 23.0. The maximum absolute atomic E-state index is 3.43. The SMILES string of the molecule is CC1=C(C)C(C)C([Si](c2cc(-c3cccc(C)c3)cc(-c3cccc(C)c3)c2)(c2cc(-c3cccc(C)c3)cc(-c3cccc(C)c3)c2)c2cc(-c3cccc(C)c3)cc(-c3cccc(C)c3)c2)=C1C. The number of rotatable bonds is 10. The van der Waals surface area contributed by atoms with E-state index in [0.29, 0.717) is 0 Å². The van der Waals surface area contributed by atoms with Gasteiger partial charge < -0.3 is 0 Å². The number of allylic oxidation sites excluding steroid dienone is 4. The van der Waals surface area contributed by atoms with Crippen molar-refractivity contribution in [2.75, 3.05) is 0 Å². The van der Waals surface area contributed by atoms with Crippen LogP contribution in [0, 0.1) is 47.5 Å². The Hall–Kier alpha value is -7.32. The lowest BCUT2D eigenvalue weighted by Crippen LogP contribution is -2.69. The molecule has 0 aliphatic heterocycles. The van der Waals surface area contributed by atoms with E-state index in [0.717, 1.165) is 0 Å². The Labute approximate surface area is 418 Å². The van der Waals surface area contributed by atoms with E-state index in [4.69, 9.17) is 0 Å². The molecule has 0 saturated carbocycles. The van der Waals surface area contributed by atoms with Crippen LogP contribution < -0.4 is 15.6 Å². The summed E-state index contributed by atoms with van der Waals surface area (Å²) in [7, 11) is -3.43. The topological polar surface area (TPSA) is 0 Å². The molecule has 1 aliphatic carbocycles. The number of benzene rings is 9. The lowest BCUT2D eigenvalue weighted by Gasteiger charge is -2.40. The third-order valence-electron chi connectivity index (χ3n) is 15.3. The van der Waals surface area contributed by atoms with Crippen LogP contribution in [0.4, 0.5) is 0 Å². The van der Waals surface area contributed by atoms with Gasteiger partial charge in [-0.05, 0) is 174 Å². The molecule has 0 radical (unpaired) electrons. The van der Waals surface area contributed by atoms with Gasteiger partial charge >= 0.3 is 0 Å². The van der Waals surface area contributed by atoms with Crippen molar-refractivity contribution in [3.05, 3.63) is 255 Å². The van der Waals surface area contributed by atoms with Gasteiger partial charge in [-0.1, -0.05) is 239 Å². The van der Waals surface area contributed by atoms with Gasteiger partial charge in [0.05, 0.1) is 0 Å². The van der Waals surface area contributed by atoms with Crippen LogP contribution in [0.15, 0.2) is 222 Å². The van der Waals surface area contributed by atoms with E-state index in [9.17, 15) is 0 Å². The Bertz CT molecular complexity index is 3030. The largest absolute Gasteiger partial charge is 0.176 e. The molecule has 344 valence electrons. The maximum Gasteiger partial charge on any atom is 0.176 e. The molecule has 0 bridgehead atoms. The second-order valence-electron chi connectivity index (χ2n) is 20.4. The monoisotopic (exact) mass is 920 g/mol. The summed E-state index contributed by atoms with van der Waals surface area (Å²) in [6.07, 6.45) is 0. The lowest BCUT2D eigenvalue weighted by molar-refractivity contribution is 0.851. The number of aryl methyl sites for hydroxylation is 6. The minimum absolute atomic E-state index is 0.201. The van der Waals surface area contributed by atoms with Gasteiger partial charge in [0.1, 0.15) is 0 Å². The van der Waals surface area contributed by atoms with Crippen molar-refractivity contribution < 1.29 is 0 Å². The van der Waals surface area contributed by atoms with E-state index >= 15 is 0 Å². The highest BCUT2D eigenvalue weighted by molar-refractivity contribution is 7.16. The highest BCUT2D eigenvalue weighted by Crippen LogP contribution is 2.44. The molecule has 0 aromatic heterocycles. The van der Waals surface area contributed by atoms with Crippen molar-refractivity contribution in [3.63, 3.8) is 0 Å². The van der Waals surface area contributed by atoms with Crippen LogP contribution in [0.1, 0.15) is 61.1 Å². The van der Waals surface area contributed by atoms with Crippen LogP contribution in [0.2, 0.25) is 0 Å². The van der Waals surface area contributed by atoms with E-state index in [1.54, 1.807) is 5.20 Å². The summed E-state index contributed by atoms with van der Waals surface area (Å²) in [5, 5.41) is 5.73. The fourth-order valence-corrected chi connectivity index (χ4v) is 17.2.